The number of hydrogen-bond acceptors (Lipinski definition) is 17. The third-order valence-electron chi connectivity index (χ3n) is 19.9. The minimum absolute atomic E-state index is 0.0343. The molecule has 0 bridgehead atoms. The number of aliphatic hydroxyl groups excluding tert-OH is 1. The normalized spacial score (nSPS) is 23.7. The maximum atomic E-state index is 15.0. The Morgan fingerprint density at radius 1 is 0.610 bits per heavy atom. The fourth-order valence-corrected chi connectivity index (χ4v) is 12.8. The Balaban J connectivity index is 1.62. The number of benzene rings is 1. The van der Waals surface area contributed by atoms with E-state index >= 15 is 9.59 Å². The molecule has 13 amide bonds. The fraction of sp³-hybridized carbons (Fsp3) is 0.707. The van der Waals surface area contributed by atoms with Crippen LogP contribution in [0.3, 0.4) is 0 Å². The minimum atomic E-state index is -1.82. The lowest BCUT2D eigenvalue weighted by atomic mass is 9.95. The molecule has 1 aromatic rings. The van der Waals surface area contributed by atoms with E-state index in [0.717, 1.165) is 6.42 Å². The fourth-order valence-electron chi connectivity index (χ4n) is 12.8. The smallest absolute Gasteiger partial charge is 0.329 e. The van der Waals surface area contributed by atoms with Gasteiger partial charge < -0.3 is 83.9 Å². The van der Waals surface area contributed by atoms with Crippen molar-refractivity contribution >= 4 is 82.8 Å². The molecule has 3 heterocycles. The molecule has 1 aromatic carbocycles. The molecule has 0 aliphatic carbocycles. The summed E-state index contributed by atoms with van der Waals surface area (Å²) >= 11 is 0. The van der Waals surface area contributed by atoms with Gasteiger partial charge in [0.05, 0.1) is 6.10 Å². The van der Waals surface area contributed by atoms with Crippen LogP contribution < -0.4 is 64.2 Å². The Hall–Kier alpha value is -8.54. The van der Waals surface area contributed by atoms with Crippen molar-refractivity contribution < 1.29 is 77.0 Å². The second kappa shape index (κ2) is 42.6. The summed E-state index contributed by atoms with van der Waals surface area (Å²) in [6.07, 6.45) is 2.17. The van der Waals surface area contributed by atoms with Crippen molar-refractivity contribution in [2.24, 2.45) is 47.2 Å². The van der Waals surface area contributed by atoms with Gasteiger partial charge in [-0.2, -0.15) is 0 Å². The van der Waals surface area contributed by atoms with E-state index in [1.807, 2.05) is 0 Å². The quantitative estimate of drug-likeness (QED) is 0.0371. The largest absolute Gasteiger partial charge is 0.458 e. The molecule has 0 saturated carbocycles. The molecule has 4 rings (SSSR count). The van der Waals surface area contributed by atoms with E-state index in [2.05, 4.69) is 72.3 Å². The van der Waals surface area contributed by atoms with Crippen molar-refractivity contribution in [2.45, 2.75) is 279 Å². The number of nitrogens with one attached hydrogen (secondary N) is 11. The highest BCUT2D eigenvalue weighted by atomic mass is 16.5. The van der Waals surface area contributed by atoms with Crippen LogP contribution in [-0.2, 0) is 78.3 Å². The van der Waals surface area contributed by atoms with Gasteiger partial charge in [-0.3, -0.25) is 62.3 Å². The summed E-state index contributed by atoms with van der Waals surface area (Å²) in [7, 11) is 0. The highest BCUT2D eigenvalue weighted by molar-refractivity contribution is 6.03. The van der Waals surface area contributed by atoms with Crippen LogP contribution in [0, 0.1) is 41.4 Å². The van der Waals surface area contributed by atoms with Crippen LogP contribution in [0.25, 0.3) is 0 Å². The van der Waals surface area contributed by atoms with Crippen LogP contribution in [0.2, 0.25) is 0 Å². The van der Waals surface area contributed by atoms with Gasteiger partial charge in [-0.1, -0.05) is 153 Å². The third-order valence-corrected chi connectivity index (χ3v) is 19.9. The van der Waals surface area contributed by atoms with E-state index in [-0.39, 0.29) is 63.2 Å². The predicted molar refractivity (Wildman–Crippen MR) is 393 cm³/mol. The van der Waals surface area contributed by atoms with Crippen LogP contribution in [0.1, 0.15) is 194 Å². The number of ether oxygens (including phenoxy) is 1. The molecule has 30 nitrogen and oxygen atoms in total. The number of aliphatic hydroxyl groups is 1. The van der Waals surface area contributed by atoms with E-state index in [9.17, 15) is 62.6 Å². The first-order valence-electron chi connectivity index (χ1n) is 37.7. The number of likely N-dealkylation sites (tertiary alicyclic amines) is 2. The molecule has 30 heteroatoms. The molecular weight excluding hydrogens is 1350 g/mol. The molecule has 3 aliphatic rings. The highest BCUT2D eigenvalue weighted by Gasteiger charge is 2.45. The molecule has 0 unspecified atom stereocenters. The molecule has 0 spiro atoms. The highest BCUT2D eigenvalue weighted by Crippen LogP contribution is 2.25. The topological polar surface area (TPSA) is 433 Å². The number of allylic oxidation sites excluding steroid dienone is 1. The lowest BCUT2D eigenvalue weighted by Gasteiger charge is -2.34. The molecule has 0 aromatic heterocycles. The van der Waals surface area contributed by atoms with E-state index in [4.69, 9.17) is 10.5 Å². The lowest BCUT2D eigenvalue weighted by Crippen LogP contribution is -2.64. The van der Waals surface area contributed by atoms with Gasteiger partial charge in [0, 0.05) is 25.9 Å². The van der Waals surface area contributed by atoms with Crippen molar-refractivity contribution in [1.29, 1.82) is 0 Å². The second-order valence-electron chi connectivity index (χ2n) is 30.1. The summed E-state index contributed by atoms with van der Waals surface area (Å²) in [5, 5.41) is 40.6. The van der Waals surface area contributed by atoms with Gasteiger partial charge in [-0.05, 0) is 119 Å². The van der Waals surface area contributed by atoms with Gasteiger partial charge in [-0.25, -0.2) is 4.79 Å². The minimum Gasteiger partial charge on any atom is -0.458 e. The van der Waals surface area contributed by atoms with Crippen molar-refractivity contribution in [3.05, 3.63) is 47.7 Å². The Morgan fingerprint density at radius 2 is 1.16 bits per heavy atom. The number of nitrogens with zero attached hydrogens (tertiary/aromatic N) is 2. The maximum Gasteiger partial charge on any atom is 0.329 e. The Bertz CT molecular complexity index is 3200. The van der Waals surface area contributed by atoms with Crippen LogP contribution in [0.5, 0.6) is 0 Å². The number of cyclic esters (lactones) is 1. The number of amides is 13. The van der Waals surface area contributed by atoms with E-state index in [1.165, 1.54) is 36.6 Å². The third kappa shape index (κ3) is 25.9. The molecule has 588 valence electrons. The standard InChI is InChI=1S/C75H122N14O16/c1-18-44(14)59(71(100)87-62-47(17)105-75(104)58(43(12)13)83-63(92)49(20-3)77-65(94)51(38-48-29-22-21-23-30-48)79-68(97)55(40(6)7)80-70(99)60(45(15)19-2)85-73(62)102)84-64(93)50(31-25-35-76)78-66(95)53-33-27-37-89(53)74(103)57(42(10)11)82-69(98)56(41(8)9)81-72(101)61(46(16)90)86-67(96)52-32-26-36-88(52)54(91)34-24-28-39(4)5/h20-23,29-30,39-47,50-53,55-62,90H,18-19,24-28,31-38,76H2,1-17H3,(H,77,94)(H,78,95)(H,79,97)(H,80,99)(H,81,101)(H,82,98)(H,83,92)(H,84,93)(H,85,102)(H,86,96)(H,87,100)/b49-20-/t44-,45-,46+,47+,50-,51-,52+,53+,55+,56-,57+,58-,59+,60+,61-,62+/m0/s1. The molecule has 0 radical (unpaired) electrons. The summed E-state index contributed by atoms with van der Waals surface area (Å²) in [4.78, 5) is 204. The first kappa shape index (κ1) is 88.9. The second-order valence-corrected chi connectivity index (χ2v) is 30.1. The molecule has 14 N–H and O–H groups in total. The number of nitrogens with two attached hydrogens (primary N) is 1. The van der Waals surface area contributed by atoms with Crippen LogP contribution in [0.4, 0.5) is 0 Å². The first-order chi connectivity index (χ1) is 49.4. The van der Waals surface area contributed by atoms with Gasteiger partial charge in [0.1, 0.15) is 84.3 Å². The summed E-state index contributed by atoms with van der Waals surface area (Å²) in [6.45, 7) is 28.8. The number of carbonyl (C=O) groups is 14. The maximum absolute atomic E-state index is 15.0. The van der Waals surface area contributed by atoms with Crippen LogP contribution >= 0.6 is 0 Å². The summed E-state index contributed by atoms with van der Waals surface area (Å²) in [5.74, 6) is -14.3. The van der Waals surface area contributed by atoms with Gasteiger partial charge in [0.2, 0.25) is 70.9 Å². The Kier molecular flexibility index (Phi) is 36.0. The monoisotopic (exact) mass is 1470 g/mol. The number of carbonyl (C=O) groups excluding carboxylic acids is 14. The van der Waals surface area contributed by atoms with E-state index in [0.29, 0.717) is 50.1 Å². The predicted octanol–water partition coefficient (Wildman–Crippen LogP) is 1.69. The SMILES string of the molecule is C/C=C1\NC(=O)[C@H](Cc2ccccc2)NC(=O)[C@@H](C(C)C)NC(=O)[C@@H]([C@@H](C)CC)NC(=O)[C@H](NC(=O)[C@H](NC(=O)[C@H](CCCN)NC(=O)[C@H]2CCCN2C(=O)[C@H](NC(=O)[C@@H](NC(=O)[C@@H](NC(=O)[C@H]2CCCN2C(=O)CCCC(C)C)[C@@H](C)O)C(C)C)C(C)C)[C@@H](C)CC)[C@@H](C)OC(=O)[C@H](C(C)C)NC1=O. The van der Waals surface area contributed by atoms with E-state index < -0.39 is 197 Å². The average Bonchev–Trinajstić information content (AvgIpc) is 1.66. The van der Waals surface area contributed by atoms with E-state index in [1.54, 1.807) is 113 Å². The molecule has 3 saturated heterocycles. The zero-order valence-electron chi connectivity index (χ0n) is 64.7. The van der Waals surface area contributed by atoms with Gasteiger partial charge >= 0.3 is 5.97 Å². The van der Waals surface area contributed by atoms with Crippen molar-refractivity contribution in [3.8, 4) is 0 Å². The summed E-state index contributed by atoms with van der Waals surface area (Å²) in [6, 6.07) is -7.38. The number of hydrogen-bond donors (Lipinski definition) is 13. The van der Waals surface area contributed by atoms with Crippen LogP contribution in [0.15, 0.2) is 42.1 Å². The molecular formula is C75H122N14O16. The Morgan fingerprint density at radius 3 is 1.71 bits per heavy atom. The molecule has 3 aliphatic heterocycles. The molecule has 3 fully saturated rings. The zero-order valence-corrected chi connectivity index (χ0v) is 64.7. The van der Waals surface area contributed by atoms with Crippen molar-refractivity contribution in [3.63, 3.8) is 0 Å². The zero-order chi connectivity index (χ0) is 78.9. The van der Waals surface area contributed by atoms with Crippen molar-refractivity contribution in [1.82, 2.24) is 68.3 Å². The Labute approximate surface area is 619 Å². The number of esters is 1. The van der Waals surface area contributed by atoms with Gasteiger partial charge in [-0.15, -0.1) is 0 Å². The molecule has 105 heavy (non-hydrogen) atoms. The van der Waals surface area contributed by atoms with Gasteiger partial charge in [0.15, 0.2) is 0 Å². The summed E-state index contributed by atoms with van der Waals surface area (Å²) in [5.41, 5.74) is 6.34. The average molecular weight is 1480 g/mol. The lowest BCUT2D eigenvalue weighted by molar-refractivity contribution is -0.157. The number of rotatable bonds is 31. The summed E-state index contributed by atoms with van der Waals surface area (Å²) < 4.78 is 5.96. The first-order valence-corrected chi connectivity index (χ1v) is 37.7. The van der Waals surface area contributed by atoms with Crippen LogP contribution in [-0.4, -0.2) is 202 Å². The van der Waals surface area contributed by atoms with Crippen molar-refractivity contribution in [2.75, 3.05) is 19.6 Å². The molecule has 16 atom stereocenters. The van der Waals surface area contributed by atoms with Gasteiger partial charge in [0.25, 0.3) is 5.91 Å².